The minimum Gasteiger partial charge on any atom is -0.497 e. The molecule has 0 fully saturated rings. The number of amides is 1. The molecule has 0 bridgehead atoms. The zero-order valence-corrected chi connectivity index (χ0v) is 21.7. The van der Waals surface area contributed by atoms with Crippen LogP contribution >= 0.6 is 27.3 Å². The number of benzene rings is 2. The molecule has 3 aromatic rings. The number of ether oxygens (including phenoxy) is 2. The third kappa shape index (κ3) is 4.73. The monoisotopic (exact) mass is 550 g/mol. The van der Waals surface area contributed by atoms with Crippen LogP contribution in [0.25, 0.3) is 10.4 Å². The lowest BCUT2D eigenvalue weighted by atomic mass is 9.99. The number of anilines is 2. The zero-order valence-electron chi connectivity index (χ0n) is 18.5. The molecule has 2 heterocycles. The molecule has 1 aromatic heterocycles. The third-order valence-corrected chi connectivity index (χ3v) is 8.34. The normalized spacial score (nSPS) is 13.2. The summed E-state index contributed by atoms with van der Waals surface area (Å²) in [5.74, 6) is 0.578. The van der Waals surface area contributed by atoms with Gasteiger partial charge in [-0.15, -0.1) is 11.3 Å². The quantitative estimate of drug-likeness (QED) is 0.415. The van der Waals surface area contributed by atoms with E-state index in [1.165, 1.54) is 34.9 Å². The number of thiophene rings is 1. The van der Waals surface area contributed by atoms with Gasteiger partial charge in [0, 0.05) is 5.56 Å². The Balaban J connectivity index is 1.76. The van der Waals surface area contributed by atoms with Crippen LogP contribution in [0, 0.1) is 0 Å². The number of nitrogens with one attached hydrogen (secondary N) is 1. The predicted molar refractivity (Wildman–Crippen MR) is 134 cm³/mol. The van der Waals surface area contributed by atoms with Crippen molar-refractivity contribution < 1.29 is 22.7 Å². The second-order valence-corrected chi connectivity index (χ2v) is 12.7. The maximum atomic E-state index is 13.6. The van der Waals surface area contributed by atoms with Crippen LogP contribution in [0.2, 0.25) is 0 Å². The average Bonchev–Trinajstić information content (AvgIpc) is 3.12. The summed E-state index contributed by atoms with van der Waals surface area (Å²) >= 11 is 4.90. The van der Waals surface area contributed by atoms with Gasteiger partial charge >= 0.3 is 6.09 Å². The molecule has 0 aliphatic carbocycles. The largest absolute Gasteiger partial charge is 0.497 e. The van der Waals surface area contributed by atoms with Crippen molar-refractivity contribution in [3.8, 4) is 16.2 Å². The summed E-state index contributed by atoms with van der Waals surface area (Å²) in [5.41, 5.74) is 2.05. The molecule has 2 aromatic carbocycles. The Kier molecular flexibility index (Phi) is 6.19. The van der Waals surface area contributed by atoms with Crippen molar-refractivity contribution in [3.05, 3.63) is 57.9 Å². The number of rotatable bonds is 4. The second-order valence-electron chi connectivity index (χ2n) is 8.42. The lowest BCUT2D eigenvalue weighted by molar-refractivity contribution is 0.0636. The van der Waals surface area contributed by atoms with Gasteiger partial charge in [0.1, 0.15) is 11.4 Å². The van der Waals surface area contributed by atoms with Crippen LogP contribution in [0.1, 0.15) is 26.3 Å². The van der Waals surface area contributed by atoms with E-state index in [4.69, 9.17) is 9.47 Å². The molecule has 0 radical (unpaired) electrons. The minimum absolute atomic E-state index is 0.129. The van der Waals surface area contributed by atoms with Crippen molar-refractivity contribution in [3.63, 3.8) is 0 Å². The fourth-order valence-corrected chi connectivity index (χ4v) is 6.75. The Labute approximate surface area is 205 Å². The number of hydrogen-bond acceptors (Lipinski definition) is 6. The molecule has 1 aliphatic rings. The molecule has 1 aliphatic heterocycles. The molecule has 10 heteroatoms. The molecule has 7 nitrogen and oxygen atoms in total. The standard InChI is InChI=1S/C23H23BrN2O5S2/c1-23(2,3)31-22(27)25-17-7-5-6-14-13-26(18-12-19(24)32-21(18)20(14)17)33(28,29)16-10-8-15(30-4)9-11-16/h5-12H,13H2,1-4H3,(H,25,27). The first-order chi connectivity index (χ1) is 15.5. The molecular weight excluding hydrogens is 528 g/mol. The van der Waals surface area contributed by atoms with Crippen LogP contribution in [0.5, 0.6) is 5.75 Å². The van der Waals surface area contributed by atoms with Gasteiger partial charge in [0.15, 0.2) is 0 Å². The van der Waals surface area contributed by atoms with Crippen molar-refractivity contribution in [1.29, 1.82) is 0 Å². The first-order valence-corrected chi connectivity index (χ1v) is 13.1. The van der Waals surface area contributed by atoms with Crippen LogP contribution in [0.15, 0.2) is 57.2 Å². The lowest BCUT2D eigenvalue weighted by Gasteiger charge is -2.31. The number of halogens is 1. The summed E-state index contributed by atoms with van der Waals surface area (Å²) < 4.78 is 39.9. The first kappa shape index (κ1) is 23.6. The van der Waals surface area contributed by atoms with E-state index in [1.807, 2.05) is 6.07 Å². The predicted octanol–water partition coefficient (Wildman–Crippen LogP) is 6.24. The van der Waals surface area contributed by atoms with Crippen LogP contribution in [0.3, 0.4) is 0 Å². The summed E-state index contributed by atoms with van der Waals surface area (Å²) in [4.78, 5) is 13.3. The molecule has 0 unspecified atom stereocenters. The van der Waals surface area contributed by atoms with E-state index < -0.39 is 21.7 Å². The van der Waals surface area contributed by atoms with Gasteiger partial charge in [-0.05, 0) is 78.7 Å². The van der Waals surface area contributed by atoms with Gasteiger partial charge in [-0.25, -0.2) is 13.2 Å². The Bertz CT molecular complexity index is 1310. The molecule has 33 heavy (non-hydrogen) atoms. The highest BCUT2D eigenvalue weighted by Crippen LogP contribution is 2.50. The number of nitrogens with zero attached hydrogens (tertiary/aromatic N) is 1. The third-order valence-electron chi connectivity index (χ3n) is 4.93. The van der Waals surface area contributed by atoms with Gasteiger partial charge in [-0.1, -0.05) is 12.1 Å². The average molecular weight is 551 g/mol. The Morgan fingerprint density at radius 2 is 1.85 bits per heavy atom. The van der Waals surface area contributed by atoms with Gasteiger partial charge in [-0.2, -0.15) is 0 Å². The van der Waals surface area contributed by atoms with E-state index in [9.17, 15) is 13.2 Å². The highest BCUT2D eigenvalue weighted by atomic mass is 79.9. The van der Waals surface area contributed by atoms with Crippen LogP contribution in [0.4, 0.5) is 16.2 Å². The molecule has 4 rings (SSSR count). The van der Waals surface area contributed by atoms with Gasteiger partial charge in [0.25, 0.3) is 10.0 Å². The molecule has 0 spiro atoms. The van der Waals surface area contributed by atoms with Crippen LogP contribution in [-0.2, 0) is 21.3 Å². The van der Waals surface area contributed by atoms with E-state index in [1.54, 1.807) is 51.1 Å². The molecule has 0 atom stereocenters. The van der Waals surface area contributed by atoms with Crippen molar-refractivity contribution >= 4 is 54.8 Å². The highest BCUT2D eigenvalue weighted by Gasteiger charge is 2.35. The molecule has 1 N–H and O–H groups in total. The molecule has 1 amide bonds. The fourth-order valence-electron chi connectivity index (χ4n) is 3.56. The SMILES string of the molecule is COc1ccc(S(=O)(=O)N2Cc3cccc(NC(=O)OC(C)(C)C)c3-c3sc(Br)cc32)cc1. The number of carbonyl (C=O) groups is 1. The summed E-state index contributed by atoms with van der Waals surface area (Å²) in [6, 6.07) is 13.5. The molecule has 0 saturated carbocycles. The highest BCUT2D eigenvalue weighted by molar-refractivity contribution is 9.11. The van der Waals surface area contributed by atoms with Crippen molar-refractivity contribution in [2.45, 2.75) is 37.8 Å². The first-order valence-electron chi connectivity index (χ1n) is 10.1. The van der Waals surface area contributed by atoms with Gasteiger partial charge in [0.05, 0.1) is 38.6 Å². The Hall–Kier alpha value is -2.56. The van der Waals surface area contributed by atoms with Gasteiger partial charge < -0.3 is 9.47 Å². The van der Waals surface area contributed by atoms with E-state index >= 15 is 0 Å². The number of hydrogen-bond donors (Lipinski definition) is 1. The smallest absolute Gasteiger partial charge is 0.412 e. The maximum Gasteiger partial charge on any atom is 0.412 e. The number of fused-ring (bicyclic) bond motifs is 3. The van der Waals surface area contributed by atoms with Crippen LogP contribution in [-0.4, -0.2) is 27.2 Å². The topological polar surface area (TPSA) is 84.9 Å². The fraction of sp³-hybridized carbons (Fsp3) is 0.261. The Morgan fingerprint density at radius 1 is 1.15 bits per heavy atom. The van der Waals surface area contributed by atoms with Crippen LogP contribution < -0.4 is 14.4 Å². The molecular formula is C23H23BrN2O5S2. The summed E-state index contributed by atoms with van der Waals surface area (Å²) in [6.45, 7) is 5.51. The Morgan fingerprint density at radius 3 is 2.48 bits per heavy atom. The number of methoxy groups -OCH3 is 1. The van der Waals surface area contributed by atoms with Gasteiger partial charge in [0.2, 0.25) is 0 Å². The maximum absolute atomic E-state index is 13.6. The van der Waals surface area contributed by atoms with Crippen molar-refractivity contribution in [1.82, 2.24) is 0 Å². The number of sulfonamides is 1. The number of carbonyl (C=O) groups excluding carboxylic acids is 1. The minimum atomic E-state index is -3.84. The van der Waals surface area contributed by atoms with E-state index in [-0.39, 0.29) is 11.4 Å². The van der Waals surface area contributed by atoms with E-state index in [0.29, 0.717) is 17.1 Å². The summed E-state index contributed by atoms with van der Waals surface area (Å²) in [7, 11) is -2.31. The van der Waals surface area contributed by atoms with Crippen molar-refractivity contribution in [2.75, 3.05) is 16.7 Å². The second kappa shape index (κ2) is 8.66. The summed E-state index contributed by atoms with van der Waals surface area (Å²) in [5, 5.41) is 2.82. The van der Waals surface area contributed by atoms with E-state index in [0.717, 1.165) is 19.8 Å². The van der Waals surface area contributed by atoms with Gasteiger partial charge in [-0.3, -0.25) is 9.62 Å². The lowest BCUT2D eigenvalue weighted by Crippen LogP contribution is -2.33. The van der Waals surface area contributed by atoms with E-state index in [2.05, 4.69) is 21.2 Å². The molecule has 0 saturated heterocycles. The summed E-state index contributed by atoms with van der Waals surface area (Å²) in [6.07, 6.45) is -0.568. The molecule has 174 valence electrons. The zero-order chi connectivity index (χ0) is 24.0. The van der Waals surface area contributed by atoms with Crippen molar-refractivity contribution in [2.24, 2.45) is 0 Å².